The van der Waals surface area contributed by atoms with Crippen LogP contribution in [0.15, 0.2) is 30.4 Å². The molecule has 0 saturated heterocycles. The monoisotopic (exact) mass is 276 g/mol. The first-order chi connectivity index (χ1) is 6.74. The van der Waals surface area contributed by atoms with Crippen LogP contribution in [0.3, 0.4) is 0 Å². The number of alkyl halides is 1. The van der Waals surface area contributed by atoms with Gasteiger partial charge in [-0.2, -0.15) is 0 Å². The second kappa shape index (κ2) is 6.20. The molecular weight excluding hydrogens is 266 g/mol. The highest BCUT2D eigenvalue weighted by atomic mass is 79.9. The number of hydrogen-bond acceptors (Lipinski definition) is 0. The molecule has 1 aromatic rings. The molecule has 0 radical (unpaired) electrons. The number of hydrogen-bond donors (Lipinski definition) is 0. The summed E-state index contributed by atoms with van der Waals surface area (Å²) >= 11 is 9.22. The van der Waals surface area contributed by atoms with Crippen LogP contribution in [0.2, 0.25) is 5.02 Å². The van der Waals surface area contributed by atoms with Gasteiger partial charge in [0.1, 0.15) is 5.82 Å². The van der Waals surface area contributed by atoms with Crippen LogP contribution < -0.4 is 0 Å². The Morgan fingerprint density at radius 1 is 1.36 bits per heavy atom. The lowest BCUT2D eigenvalue weighted by atomic mass is 10.1. The van der Waals surface area contributed by atoms with Crippen LogP contribution in [0.4, 0.5) is 4.39 Å². The average Bonchev–Trinajstić information content (AvgIpc) is 2.18. The third-order valence-corrected chi connectivity index (χ3v) is 2.61. The van der Waals surface area contributed by atoms with Gasteiger partial charge in [0.15, 0.2) is 0 Å². The Bertz CT molecular complexity index is 323. The van der Waals surface area contributed by atoms with E-state index in [9.17, 15) is 4.39 Å². The molecule has 3 heteroatoms. The van der Waals surface area contributed by atoms with Crippen LogP contribution >= 0.6 is 27.5 Å². The summed E-state index contributed by atoms with van der Waals surface area (Å²) in [6.07, 6.45) is 5.72. The Morgan fingerprint density at radius 2 is 2.14 bits per heavy atom. The highest BCUT2D eigenvalue weighted by Gasteiger charge is 1.99. The van der Waals surface area contributed by atoms with Gasteiger partial charge in [-0.15, -0.1) is 0 Å². The summed E-state index contributed by atoms with van der Waals surface area (Å²) in [5.41, 5.74) is 0.831. The molecule has 0 spiro atoms. The third-order valence-electron chi connectivity index (χ3n) is 1.79. The summed E-state index contributed by atoms with van der Waals surface area (Å²) in [6, 6.07) is 4.43. The molecule has 0 bridgehead atoms. The maximum atomic E-state index is 12.8. The SMILES string of the molecule is Fc1ccc(Cl)c(C/C=C/CCBr)c1. The van der Waals surface area contributed by atoms with Crippen molar-refractivity contribution in [2.75, 3.05) is 5.33 Å². The Balaban J connectivity index is 2.62. The van der Waals surface area contributed by atoms with E-state index < -0.39 is 0 Å². The van der Waals surface area contributed by atoms with Crippen LogP contribution in [-0.2, 0) is 6.42 Å². The van der Waals surface area contributed by atoms with Crippen molar-refractivity contribution in [3.63, 3.8) is 0 Å². The van der Waals surface area contributed by atoms with Crippen LogP contribution in [0, 0.1) is 5.82 Å². The fourth-order valence-electron chi connectivity index (χ4n) is 1.09. The zero-order chi connectivity index (χ0) is 10.4. The summed E-state index contributed by atoms with van der Waals surface area (Å²) in [5, 5.41) is 1.57. The van der Waals surface area contributed by atoms with E-state index in [1.165, 1.54) is 12.1 Å². The van der Waals surface area contributed by atoms with Crippen molar-refractivity contribution in [3.05, 3.63) is 46.8 Å². The zero-order valence-electron chi connectivity index (χ0n) is 7.64. The molecule has 0 aliphatic rings. The van der Waals surface area contributed by atoms with Gasteiger partial charge >= 0.3 is 0 Å². The van der Waals surface area contributed by atoms with Gasteiger partial charge in [0.25, 0.3) is 0 Å². The van der Waals surface area contributed by atoms with E-state index in [-0.39, 0.29) is 5.82 Å². The van der Waals surface area contributed by atoms with Gasteiger partial charge in [-0.1, -0.05) is 39.7 Å². The van der Waals surface area contributed by atoms with Gasteiger partial charge in [-0.3, -0.25) is 0 Å². The molecule has 0 N–H and O–H groups in total. The zero-order valence-corrected chi connectivity index (χ0v) is 9.98. The molecule has 0 fully saturated rings. The molecule has 0 nitrogen and oxygen atoms in total. The lowest BCUT2D eigenvalue weighted by Crippen LogP contribution is -1.85. The van der Waals surface area contributed by atoms with E-state index >= 15 is 0 Å². The smallest absolute Gasteiger partial charge is 0.123 e. The minimum atomic E-state index is -0.238. The Hall–Kier alpha value is -0.340. The molecule has 0 aliphatic carbocycles. The van der Waals surface area contributed by atoms with Gasteiger partial charge in [0.05, 0.1) is 0 Å². The van der Waals surface area contributed by atoms with Gasteiger partial charge in [0, 0.05) is 10.4 Å². The van der Waals surface area contributed by atoms with Crippen LogP contribution in [-0.4, -0.2) is 5.33 Å². The highest BCUT2D eigenvalue weighted by molar-refractivity contribution is 9.09. The largest absolute Gasteiger partial charge is 0.207 e. The summed E-state index contributed by atoms with van der Waals surface area (Å²) in [5.74, 6) is -0.238. The molecule has 0 aromatic heterocycles. The molecular formula is C11H11BrClF. The van der Waals surface area contributed by atoms with E-state index in [4.69, 9.17) is 11.6 Å². The molecule has 76 valence electrons. The van der Waals surface area contributed by atoms with Crippen molar-refractivity contribution in [3.8, 4) is 0 Å². The first kappa shape index (κ1) is 11.7. The van der Waals surface area contributed by atoms with Crippen molar-refractivity contribution in [2.24, 2.45) is 0 Å². The lowest BCUT2D eigenvalue weighted by Gasteiger charge is -2.00. The molecule has 14 heavy (non-hydrogen) atoms. The fraction of sp³-hybridized carbons (Fsp3) is 0.273. The Labute approximate surface area is 96.9 Å². The summed E-state index contributed by atoms with van der Waals surface area (Å²) in [7, 11) is 0. The quantitative estimate of drug-likeness (QED) is 0.566. The second-order valence-corrected chi connectivity index (χ2v) is 4.09. The molecule has 0 saturated carbocycles. The highest BCUT2D eigenvalue weighted by Crippen LogP contribution is 2.17. The van der Waals surface area contributed by atoms with Crippen molar-refractivity contribution < 1.29 is 4.39 Å². The standard InChI is InChI=1S/C11H11BrClF/c12-7-3-1-2-4-9-8-10(14)5-6-11(9)13/h1-2,5-6,8H,3-4,7H2/b2-1+. The van der Waals surface area contributed by atoms with Crippen LogP contribution in [0.25, 0.3) is 0 Å². The van der Waals surface area contributed by atoms with Gasteiger partial charge in [0.2, 0.25) is 0 Å². The van der Waals surface area contributed by atoms with Crippen molar-refractivity contribution in [1.29, 1.82) is 0 Å². The number of halogens is 3. The summed E-state index contributed by atoms with van der Waals surface area (Å²) in [6.45, 7) is 0. The lowest BCUT2D eigenvalue weighted by molar-refractivity contribution is 0.626. The van der Waals surface area contributed by atoms with E-state index in [2.05, 4.69) is 22.0 Å². The van der Waals surface area contributed by atoms with Crippen molar-refractivity contribution in [1.82, 2.24) is 0 Å². The first-order valence-corrected chi connectivity index (χ1v) is 5.89. The molecule has 1 aromatic carbocycles. The number of allylic oxidation sites excluding steroid dienone is 2. The number of benzene rings is 1. The van der Waals surface area contributed by atoms with E-state index in [1.807, 2.05) is 6.08 Å². The minimum absolute atomic E-state index is 0.238. The first-order valence-electron chi connectivity index (χ1n) is 4.39. The normalized spacial score (nSPS) is 11.1. The third kappa shape index (κ3) is 3.81. The van der Waals surface area contributed by atoms with Gasteiger partial charge in [-0.25, -0.2) is 4.39 Å². The molecule has 0 unspecified atom stereocenters. The van der Waals surface area contributed by atoms with Crippen LogP contribution in [0.1, 0.15) is 12.0 Å². The maximum Gasteiger partial charge on any atom is 0.123 e. The van der Waals surface area contributed by atoms with E-state index in [0.29, 0.717) is 11.4 Å². The van der Waals surface area contributed by atoms with Crippen molar-refractivity contribution >= 4 is 27.5 Å². The molecule has 0 atom stereocenters. The predicted octanol–water partition coefficient (Wildman–Crippen LogP) is 4.36. The Kier molecular flexibility index (Phi) is 5.20. The molecule has 1 rings (SSSR count). The topological polar surface area (TPSA) is 0 Å². The maximum absolute atomic E-state index is 12.8. The summed E-state index contributed by atoms with van der Waals surface area (Å²) < 4.78 is 12.8. The second-order valence-electron chi connectivity index (χ2n) is 2.89. The fourth-order valence-corrected chi connectivity index (χ4v) is 1.55. The number of rotatable bonds is 4. The average molecular weight is 278 g/mol. The molecule has 0 heterocycles. The van der Waals surface area contributed by atoms with E-state index in [0.717, 1.165) is 17.3 Å². The summed E-state index contributed by atoms with van der Waals surface area (Å²) in [4.78, 5) is 0. The molecule has 0 aliphatic heterocycles. The van der Waals surface area contributed by atoms with Crippen molar-refractivity contribution in [2.45, 2.75) is 12.8 Å². The molecule has 0 amide bonds. The Morgan fingerprint density at radius 3 is 2.86 bits per heavy atom. The van der Waals surface area contributed by atoms with Gasteiger partial charge in [-0.05, 0) is 36.6 Å². The van der Waals surface area contributed by atoms with Gasteiger partial charge < -0.3 is 0 Å². The minimum Gasteiger partial charge on any atom is -0.207 e. The van der Waals surface area contributed by atoms with Crippen LogP contribution in [0.5, 0.6) is 0 Å². The predicted molar refractivity (Wildman–Crippen MR) is 62.7 cm³/mol. The van der Waals surface area contributed by atoms with E-state index in [1.54, 1.807) is 6.07 Å².